The van der Waals surface area contributed by atoms with Crippen molar-refractivity contribution in [3.8, 4) is 0 Å². The van der Waals surface area contributed by atoms with Crippen LogP contribution in [-0.4, -0.2) is 94.1 Å². The number of likely N-dealkylation sites (N-methyl/N-ethyl adjacent to an activating group) is 1. The van der Waals surface area contributed by atoms with E-state index in [0.29, 0.717) is 26.1 Å². The largest absolute Gasteiger partial charge is 0.394 e. The maximum Gasteiger partial charge on any atom is 0.249 e. The van der Waals surface area contributed by atoms with Gasteiger partial charge < -0.3 is 24.5 Å². The number of amides is 3. The molecule has 6 atom stereocenters. The van der Waals surface area contributed by atoms with Crippen molar-refractivity contribution in [2.24, 2.45) is 11.8 Å². The highest BCUT2D eigenvalue weighted by Gasteiger charge is 2.75. The topological polar surface area (TPSA) is 90.4 Å². The fourth-order valence-electron chi connectivity index (χ4n) is 6.19. The monoisotopic (exact) mass is 459 g/mol. The maximum atomic E-state index is 14.0. The molecule has 4 aliphatic rings. The van der Waals surface area contributed by atoms with Crippen molar-refractivity contribution in [1.29, 1.82) is 0 Å². The molecule has 3 amide bonds. The van der Waals surface area contributed by atoms with Crippen LogP contribution in [0.2, 0.25) is 0 Å². The molecule has 1 spiro atoms. The lowest BCUT2D eigenvalue weighted by atomic mass is 9.74. The second kappa shape index (κ2) is 8.87. The van der Waals surface area contributed by atoms with Gasteiger partial charge in [0, 0.05) is 26.7 Å². The predicted molar refractivity (Wildman–Crippen MR) is 123 cm³/mol. The van der Waals surface area contributed by atoms with Gasteiger partial charge in [-0.1, -0.05) is 51.0 Å². The van der Waals surface area contributed by atoms with E-state index in [9.17, 15) is 19.5 Å². The van der Waals surface area contributed by atoms with Crippen molar-refractivity contribution in [1.82, 2.24) is 14.7 Å². The normalized spacial score (nSPS) is 36.6. The van der Waals surface area contributed by atoms with Crippen LogP contribution in [0.1, 0.15) is 46.5 Å². The molecule has 0 aromatic rings. The molecule has 33 heavy (non-hydrogen) atoms. The van der Waals surface area contributed by atoms with Crippen LogP contribution in [0.4, 0.5) is 0 Å². The first-order valence-electron chi connectivity index (χ1n) is 12.3. The SMILES string of the molecule is CCCCCN1CC=C[C@]23O[C@@]4(C)C=CCN(C)C(=O)[C@H]4[C@H]2C(=O)N([C@@H](CC)CO)C3C1=O. The Morgan fingerprint density at radius 1 is 1.06 bits per heavy atom. The van der Waals surface area contributed by atoms with E-state index in [1.165, 1.54) is 4.90 Å². The zero-order valence-electron chi connectivity index (χ0n) is 20.2. The zero-order chi connectivity index (χ0) is 24.0. The molecule has 8 heteroatoms. The summed E-state index contributed by atoms with van der Waals surface area (Å²) in [6.07, 6.45) is 11.0. The number of carbonyl (C=O) groups excluding carboxylic acids is 3. The van der Waals surface area contributed by atoms with Gasteiger partial charge in [-0.15, -0.1) is 0 Å². The van der Waals surface area contributed by atoms with Crippen molar-refractivity contribution < 1.29 is 24.2 Å². The van der Waals surface area contributed by atoms with E-state index in [-0.39, 0.29) is 24.3 Å². The summed E-state index contributed by atoms with van der Waals surface area (Å²) in [6.45, 7) is 7.11. The summed E-state index contributed by atoms with van der Waals surface area (Å²) in [5.41, 5.74) is -2.23. The van der Waals surface area contributed by atoms with Gasteiger partial charge in [-0.05, 0) is 19.8 Å². The lowest BCUT2D eigenvalue weighted by Gasteiger charge is -2.40. The summed E-state index contributed by atoms with van der Waals surface area (Å²) in [5, 5.41) is 10.1. The zero-order valence-corrected chi connectivity index (χ0v) is 20.2. The van der Waals surface area contributed by atoms with Crippen LogP contribution in [0, 0.1) is 11.8 Å². The predicted octanol–water partition coefficient (Wildman–Crippen LogP) is 1.35. The van der Waals surface area contributed by atoms with E-state index >= 15 is 0 Å². The number of aliphatic hydroxyl groups excluding tert-OH is 1. The number of unbranched alkanes of at least 4 members (excludes halogenated alkanes) is 2. The van der Waals surface area contributed by atoms with Gasteiger partial charge in [-0.3, -0.25) is 14.4 Å². The maximum absolute atomic E-state index is 14.0. The molecule has 4 heterocycles. The van der Waals surface area contributed by atoms with Crippen LogP contribution in [0.25, 0.3) is 0 Å². The average Bonchev–Trinajstić information content (AvgIpc) is 3.07. The number of fused-ring (bicyclic) bond motifs is 2. The van der Waals surface area contributed by atoms with Gasteiger partial charge in [0.2, 0.25) is 17.7 Å². The molecule has 0 saturated carbocycles. The molecule has 0 aromatic carbocycles. The van der Waals surface area contributed by atoms with E-state index in [0.717, 1.165) is 19.3 Å². The van der Waals surface area contributed by atoms with Crippen LogP contribution in [0.15, 0.2) is 24.3 Å². The number of ether oxygens (including phenoxy) is 1. The third-order valence-corrected chi connectivity index (χ3v) is 7.89. The Hall–Kier alpha value is -2.19. The van der Waals surface area contributed by atoms with Gasteiger partial charge in [-0.25, -0.2) is 0 Å². The summed E-state index contributed by atoms with van der Waals surface area (Å²) >= 11 is 0. The van der Waals surface area contributed by atoms with Gasteiger partial charge >= 0.3 is 0 Å². The summed E-state index contributed by atoms with van der Waals surface area (Å²) < 4.78 is 6.72. The van der Waals surface area contributed by atoms with E-state index in [2.05, 4.69) is 6.92 Å². The molecule has 4 rings (SSSR count). The number of hydrogen-bond acceptors (Lipinski definition) is 5. The third kappa shape index (κ3) is 3.53. The van der Waals surface area contributed by atoms with E-state index in [1.807, 2.05) is 38.2 Å². The Morgan fingerprint density at radius 2 is 1.79 bits per heavy atom. The van der Waals surface area contributed by atoms with Crippen molar-refractivity contribution in [2.45, 2.75) is 69.7 Å². The molecule has 8 nitrogen and oxygen atoms in total. The van der Waals surface area contributed by atoms with Gasteiger partial charge in [0.05, 0.1) is 30.1 Å². The molecule has 0 bridgehead atoms. The number of nitrogens with zero attached hydrogens (tertiary/aromatic N) is 3. The molecule has 0 aromatic heterocycles. The van der Waals surface area contributed by atoms with Crippen LogP contribution in [0.5, 0.6) is 0 Å². The molecule has 0 radical (unpaired) electrons. The average molecular weight is 460 g/mol. The second-order valence-electron chi connectivity index (χ2n) is 10.0. The highest BCUT2D eigenvalue weighted by Crippen LogP contribution is 2.57. The fraction of sp³-hybridized carbons (Fsp3) is 0.720. The molecule has 4 aliphatic heterocycles. The lowest BCUT2D eigenvalue weighted by Crippen LogP contribution is -2.58. The minimum absolute atomic E-state index is 0.153. The number of likely N-dealkylation sites (tertiary alicyclic amines) is 1. The van der Waals surface area contributed by atoms with Crippen molar-refractivity contribution >= 4 is 17.7 Å². The van der Waals surface area contributed by atoms with Crippen LogP contribution < -0.4 is 0 Å². The third-order valence-electron chi connectivity index (χ3n) is 7.89. The van der Waals surface area contributed by atoms with Gasteiger partial charge in [0.1, 0.15) is 11.6 Å². The van der Waals surface area contributed by atoms with Crippen molar-refractivity contribution in [2.75, 3.05) is 33.3 Å². The standard InChI is InChI=1S/C25H37N3O5/c1-5-7-8-14-27-15-10-12-25-19(18-21(30)26(4)13-9-11-24(18,3)33-25)22(31)28(17(6-2)16-29)20(25)23(27)32/h9-12,17-20,29H,5-8,13-16H2,1-4H3/t17-,18+,19-,20?,24-,25-/m0/s1. The van der Waals surface area contributed by atoms with Crippen LogP contribution in [0.3, 0.4) is 0 Å². The summed E-state index contributed by atoms with van der Waals surface area (Å²) in [7, 11) is 1.73. The van der Waals surface area contributed by atoms with E-state index < -0.39 is 35.1 Å². The van der Waals surface area contributed by atoms with Gasteiger partial charge in [0.15, 0.2) is 0 Å². The Morgan fingerprint density at radius 3 is 2.45 bits per heavy atom. The molecular formula is C25H37N3O5. The van der Waals surface area contributed by atoms with Crippen LogP contribution in [-0.2, 0) is 19.1 Å². The molecular weight excluding hydrogens is 422 g/mol. The van der Waals surface area contributed by atoms with E-state index in [1.54, 1.807) is 16.8 Å². The molecule has 1 N–H and O–H groups in total. The van der Waals surface area contributed by atoms with Crippen molar-refractivity contribution in [3.05, 3.63) is 24.3 Å². The number of rotatable bonds is 7. The molecule has 0 aliphatic carbocycles. The fourth-order valence-corrected chi connectivity index (χ4v) is 6.19. The summed E-state index contributed by atoms with van der Waals surface area (Å²) in [5.74, 6) is -2.15. The van der Waals surface area contributed by atoms with Crippen LogP contribution >= 0.6 is 0 Å². The van der Waals surface area contributed by atoms with Crippen molar-refractivity contribution in [3.63, 3.8) is 0 Å². The Balaban J connectivity index is 1.83. The first kappa shape index (κ1) is 24.0. The summed E-state index contributed by atoms with van der Waals surface area (Å²) in [6, 6.07) is -1.41. The molecule has 1 unspecified atom stereocenters. The highest BCUT2D eigenvalue weighted by molar-refractivity contribution is 6.00. The molecule has 2 saturated heterocycles. The lowest BCUT2D eigenvalue weighted by molar-refractivity contribution is -0.155. The Labute approximate surface area is 196 Å². The summed E-state index contributed by atoms with van der Waals surface area (Å²) in [4.78, 5) is 46.4. The van der Waals surface area contributed by atoms with E-state index in [4.69, 9.17) is 4.74 Å². The second-order valence-corrected chi connectivity index (χ2v) is 10.0. The van der Waals surface area contributed by atoms with Gasteiger partial charge in [0.25, 0.3) is 0 Å². The first-order chi connectivity index (χ1) is 15.8. The minimum atomic E-state index is -1.24. The molecule has 2 fully saturated rings. The highest BCUT2D eigenvalue weighted by atomic mass is 16.5. The Kier molecular flexibility index (Phi) is 6.44. The first-order valence-corrected chi connectivity index (χ1v) is 12.3. The number of aliphatic hydroxyl groups is 1. The Bertz CT molecular complexity index is 868. The van der Waals surface area contributed by atoms with Gasteiger partial charge in [-0.2, -0.15) is 0 Å². The molecule has 182 valence electrons. The number of hydrogen-bond donors (Lipinski definition) is 1. The quantitative estimate of drug-likeness (QED) is 0.458. The number of carbonyl (C=O) groups is 3. The smallest absolute Gasteiger partial charge is 0.249 e. The minimum Gasteiger partial charge on any atom is -0.394 e.